The van der Waals surface area contributed by atoms with Gasteiger partial charge in [0, 0.05) is 18.5 Å². The molecule has 1 aliphatic rings. The maximum absolute atomic E-state index is 12.8. The number of benzene rings is 1. The molecule has 2 N–H and O–H groups in total. The quantitative estimate of drug-likeness (QED) is 0.880. The van der Waals surface area contributed by atoms with Crippen LogP contribution in [0.1, 0.15) is 34.5 Å². The lowest BCUT2D eigenvalue weighted by Gasteiger charge is -2.31. The first-order chi connectivity index (χ1) is 10.6. The van der Waals surface area contributed by atoms with E-state index in [0.29, 0.717) is 5.92 Å². The Morgan fingerprint density at radius 3 is 2.50 bits per heavy atom. The van der Waals surface area contributed by atoms with Crippen LogP contribution in [0.4, 0.5) is 0 Å². The molecular weight excluding hydrogens is 345 g/mol. The summed E-state index contributed by atoms with van der Waals surface area (Å²) in [4.78, 5) is 19.3. The number of carbonyl (C=O) groups is 1. The van der Waals surface area contributed by atoms with E-state index in [4.69, 9.17) is 5.73 Å². The molecule has 1 saturated heterocycles. The van der Waals surface area contributed by atoms with Crippen LogP contribution in [0.25, 0.3) is 10.9 Å². The zero-order chi connectivity index (χ0) is 15.7. The number of rotatable bonds is 2. The number of halogens is 2. The second-order valence-corrected chi connectivity index (χ2v) is 6.29. The lowest BCUT2D eigenvalue weighted by atomic mass is 9.96. The number of amides is 1. The van der Waals surface area contributed by atoms with Crippen LogP contribution in [-0.4, -0.2) is 35.4 Å². The van der Waals surface area contributed by atoms with E-state index in [9.17, 15) is 4.79 Å². The van der Waals surface area contributed by atoms with Crippen LogP contribution in [-0.2, 0) is 0 Å². The third kappa shape index (κ3) is 4.18. The van der Waals surface area contributed by atoms with Crippen molar-refractivity contribution in [3.8, 4) is 0 Å². The summed E-state index contributed by atoms with van der Waals surface area (Å²) in [6.45, 7) is 6.29. The van der Waals surface area contributed by atoms with Crippen LogP contribution < -0.4 is 5.73 Å². The highest BCUT2D eigenvalue weighted by Crippen LogP contribution is 2.22. The molecule has 0 aliphatic carbocycles. The van der Waals surface area contributed by atoms with E-state index < -0.39 is 0 Å². The van der Waals surface area contributed by atoms with Crippen LogP contribution in [0.3, 0.4) is 0 Å². The Hall–Kier alpha value is -1.36. The van der Waals surface area contributed by atoms with Crippen LogP contribution in [0.2, 0.25) is 0 Å². The third-order valence-corrected chi connectivity index (χ3v) is 4.63. The molecule has 0 radical (unpaired) electrons. The summed E-state index contributed by atoms with van der Waals surface area (Å²) in [5.74, 6) is 0.658. The van der Waals surface area contributed by atoms with Crippen molar-refractivity contribution in [3.05, 3.63) is 41.1 Å². The van der Waals surface area contributed by atoms with E-state index in [0.717, 1.165) is 54.6 Å². The number of fused-ring (bicyclic) bond motifs is 1. The van der Waals surface area contributed by atoms with Gasteiger partial charge in [0.1, 0.15) is 0 Å². The molecule has 0 atom stereocenters. The Balaban J connectivity index is 0.00000144. The normalized spacial score (nSPS) is 14.9. The zero-order valence-corrected chi connectivity index (χ0v) is 15.8. The summed E-state index contributed by atoms with van der Waals surface area (Å²) in [6, 6.07) is 8.13. The molecule has 2 heterocycles. The summed E-state index contributed by atoms with van der Waals surface area (Å²) < 4.78 is 0. The Bertz CT molecular complexity index is 713. The highest BCUT2D eigenvalue weighted by atomic mass is 35.5. The van der Waals surface area contributed by atoms with Gasteiger partial charge in [0.25, 0.3) is 5.91 Å². The summed E-state index contributed by atoms with van der Waals surface area (Å²) in [7, 11) is 0. The predicted octanol–water partition coefficient (Wildman–Crippen LogP) is 3.51. The van der Waals surface area contributed by atoms with Crippen molar-refractivity contribution in [2.45, 2.75) is 26.7 Å². The summed E-state index contributed by atoms with van der Waals surface area (Å²) in [5.41, 5.74) is 9.39. The van der Waals surface area contributed by atoms with E-state index in [1.807, 2.05) is 24.0 Å². The van der Waals surface area contributed by atoms with Gasteiger partial charge in [-0.25, -0.2) is 0 Å². The van der Waals surface area contributed by atoms with Crippen molar-refractivity contribution >= 4 is 41.6 Å². The fourth-order valence-corrected chi connectivity index (χ4v) is 3.13. The molecule has 1 aromatic heterocycles. The number of piperidine rings is 1. The van der Waals surface area contributed by atoms with E-state index in [1.54, 1.807) is 0 Å². The van der Waals surface area contributed by atoms with Crippen LogP contribution >= 0.6 is 24.8 Å². The van der Waals surface area contributed by atoms with E-state index in [2.05, 4.69) is 24.0 Å². The number of nitrogens with zero attached hydrogens (tertiary/aromatic N) is 2. The average molecular weight is 370 g/mol. The van der Waals surface area contributed by atoms with Crippen molar-refractivity contribution in [1.29, 1.82) is 0 Å². The van der Waals surface area contributed by atoms with Gasteiger partial charge >= 0.3 is 0 Å². The monoisotopic (exact) mass is 369 g/mol. The number of hydrogen-bond acceptors (Lipinski definition) is 3. The fraction of sp³-hybridized carbons (Fsp3) is 0.444. The second-order valence-electron chi connectivity index (χ2n) is 6.29. The van der Waals surface area contributed by atoms with Gasteiger partial charge in [0.05, 0.1) is 16.8 Å². The van der Waals surface area contributed by atoms with E-state index >= 15 is 0 Å². The predicted molar refractivity (Wildman–Crippen MR) is 103 cm³/mol. The highest BCUT2D eigenvalue weighted by molar-refractivity contribution is 5.98. The molecule has 1 aliphatic heterocycles. The standard InChI is InChI=1S/C18H23N3O.2ClH/c1-12-3-4-15-10-16(13(2)20-17(15)9-12)18(22)21-7-5-14(11-19)6-8-21;;/h3-4,9-10,14H,5-8,11,19H2,1-2H3;2*1H. The molecule has 0 unspecified atom stereocenters. The summed E-state index contributed by atoms with van der Waals surface area (Å²) in [5, 5.41) is 1.02. The number of aryl methyl sites for hydroxylation is 2. The number of hydrogen-bond donors (Lipinski definition) is 1. The molecular formula is C18H25Cl2N3O. The van der Waals surface area contributed by atoms with Gasteiger partial charge < -0.3 is 10.6 Å². The molecule has 1 aromatic carbocycles. The Morgan fingerprint density at radius 1 is 1.21 bits per heavy atom. The molecule has 6 heteroatoms. The van der Waals surface area contributed by atoms with E-state index in [1.165, 1.54) is 5.56 Å². The first-order valence-corrected chi connectivity index (χ1v) is 7.96. The molecule has 132 valence electrons. The summed E-state index contributed by atoms with van der Waals surface area (Å²) in [6.07, 6.45) is 2.00. The Kier molecular flexibility index (Phi) is 7.46. The van der Waals surface area contributed by atoms with Crippen LogP contribution in [0.5, 0.6) is 0 Å². The van der Waals surface area contributed by atoms with Gasteiger partial charge in [-0.1, -0.05) is 12.1 Å². The van der Waals surface area contributed by atoms with Crippen molar-refractivity contribution in [1.82, 2.24) is 9.88 Å². The van der Waals surface area contributed by atoms with Crippen LogP contribution in [0, 0.1) is 19.8 Å². The molecule has 0 saturated carbocycles. The molecule has 24 heavy (non-hydrogen) atoms. The molecule has 1 fully saturated rings. The average Bonchev–Trinajstić information content (AvgIpc) is 2.53. The minimum atomic E-state index is 0. The van der Waals surface area contributed by atoms with Gasteiger partial charge in [0.15, 0.2) is 0 Å². The fourth-order valence-electron chi connectivity index (χ4n) is 3.13. The SMILES string of the molecule is Cc1ccc2cc(C(=O)N3CCC(CN)CC3)c(C)nc2c1.Cl.Cl. The number of pyridine rings is 1. The largest absolute Gasteiger partial charge is 0.339 e. The van der Waals surface area contributed by atoms with Gasteiger partial charge in [-0.15, -0.1) is 24.8 Å². The number of likely N-dealkylation sites (tertiary alicyclic amines) is 1. The zero-order valence-electron chi connectivity index (χ0n) is 14.1. The Morgan fingerprint density at radius 2 is 1.88 bits per heavy atom. The van der Waals surface area contributed by atoms with Gasteiger partial charge in [-0.2, -0.15) is 0 Å². The maximum atomic E-state index is 12.8. The van der Waals surface area contributed by atoms with Crippen molar-refractivity contribution in [2.75, 3.05) is 19.6 Å². The van der Waals surface area contributed by atoms with Crippen LogP contribution in [0.15, 0.2) is 24.3 Å². The maximum Gasteiger partial charge on any atom is 0.255 e. The van der Waals surface area contributed by atoms with Gasteiger partial charge in [0.2, 0.25) is 0 Å². The van der Waals surface area contributed by atoms with Crippen molar-refractivity contribution in [3.63, 3.8) is 0 Å². The molecule has 0 spiro atoms. The minimum Gasteiger partial charge on any atom is -0.339 e. The van der Waals surface area contributed by atoms with Gasteiger partial charge in [-0.3, -0.25) is 9.78 Å². The Labute approximate surface area is 155 Å². The van der Waals surface area contributed by atoms with E-state index in [-0.39, 0.29) is 30.7 Å². The molecule has 2 aromatic rings. The third-order valence-electron chi connectivity index (χ3n) is 4.63. The molecule has 1 amide bonds. The smallest absolute Gasteiger partial charge is 0.255 e. The highest BCUT2D eigenvalue weighted by Gasteiger charge is 2.24. The molecule has 4 nitrogen and oxygen atoms in total. The number of nitrogens with two attached hydrogens (primary N) is 1. The lowest BCUT2D eigenvalue weighted by molar-refractivity contribution is 0.0692. The number of carbonyl (C=O) groups excluding carboxylic acids is 1. The van der Waals surface area contributed by atoms with Crippen molar-refractivity contribution < 1.29 is 4.79 Å². The first-order valence-electron chi connectivity index (χ1n) is 7.96. The first kappa shape index (κ1) is 20.7. The second kappa shape index (κ2) is 8.65. The van der Waals surface area contributed by atoms with Gasteiger partial charge in [-0.05, 0) is 56.8 Å². The molecule has 0 bridgehead atoms. The minimum absolute atomic E-state index is 0. The van der Waals surface area contributed by atoms with Crippen molar-refractivity contribution in [2.24, 2.45) is 11.7 Å². The lowest BCUT2D eigenvalue weighted by Crippen LogP contribution is -2.40. The number of aromatic nitrogens is 1. The summed E-state index contributed by atoms with van der Waals surface area (Å²) >= 11 is 0. The topological polar surface area (TPSA) is 59.2 Å². The molecule has 3 rings (SSSR count).